The molecule has 9 aromatic rings. The third kappa shape index (κ3) is 7.02. The highest BCUT2D eigenvalue weighted by atomic mass is 32.2. The van der Waals surface area contributed by atoms with Crippen LogP contribution in [0.5, 0.6) is 0 Å². The maximum absolute atomic E-state index is 5.38. The minimum atomic E-state index is 0.636. The van der Waals surface area contributed by atoms with E-state index in [0.29, 0.717) is 11.6 Å². The summed E-state index contributed by atoms with van der Waals surface area (Å²) in [5.41, 5.74) is 17.0. The zero-order valence-electron chi connectivity index (χ0n) is 33.8. The fourth-order valence-corrected chi connectivity index (χ4v) is 10.7. The molecule has 0 spiro atoms. The first-order valence-corrected chi connectivity index (χ1v) is 21.8. The fraction of sp³-hybridized carbons (Fsp3) is 0.0741. The Labute approximate surface area is 359 Å². The van der Waals surface area contributed by atoms with E-state index in [4.69, 9.17) is 19.9 Å². The van der Waals surface area contributed by atoms with Crippen LogP contribution in [0.15, 0.2) is 189 Å². The molecule has 0 atom stereocenters. The summed E-state index contributed by atoms with van der Waals surface area (Å²) in [6.07, 6.45) is 0. The average Bonchev–Trinajstić information content (AvgIpc) is 3.32. The van der Waals surface area contributed by atoms with Gasteiger partial charge in [0.15, 0.2) is 11.6 Å². The largest absolute Gasteiger partial charge is 0.228 e. The van der Waals surface area contributed by atoms with Crippen molar-refractivity contribution in [1.29, 1.82) is 0 Å². The van der Waals surface area contributed by atoms with Gasteiger partial charge in [0.05, 0.1) is 22.8 Å². The molecule has 60 heavy (non-hydrogen) atoms. The van der Waals surface area contributed by atoms with Crippen LogP contribution in [0.1, 0.15) is 22.3 Å². The van der Waals surface area contributed by atoms with E-state index in [9.17, 15) is 0 Å². The van der Waals surface area contributed by atoms with Crippen LogP contribution in [0, 0.1) is 27.7 Å². The SMILES string of the molecule is Cc1c(C)c(C)c2c(c1C)Sc1cccc(-c3ccc(-c4nc(-c5ccccc5)cc(-c5ccccc5)n4)cc3-c3nc(-c4ccccc4)cc(-c4ccccc4)n3)c1S2. The highest BCUT2D eigenvalue weighted by molar-refractivity contribution is 8.05. The summed E-state index contributed by atoms with van der Waals surface area (Å²) in [6, 6.07) is 58.9. The first kappa shape index (κ1) is 37.7. The summed E-state index contributed by atoms with van der Waals surface area (Å²) in [6.45, 7) is 9.03. The van der Waals surface area contributed by atoms with Crippen molar-refractivity contribution < 1.29 is 0 Å². The predicted octanol–water partition coefficient (Wildman–Crippen LogP) is 14.8. The Balaban J connectivity index is 1.22. The maximum Gasteiger partial charge on any atom is 0.161 e. The van der Waals surface area contributed by atoms with Crippen molar-refractivity contribution in [2.24, 2.45) is 0 Å². The molecule has 6 heteroatoms. The van der Waals surface area contributed by atoms with Gasteiger partial charge in [-0.25, -0.2) is 19.9 Å². The van der Waals surface area contributed by atoms with Crippen LogP contribution >= 0.6 is 23.5 Å². The van der Waals surface area contributed by atoms with Gasteiger partial charge in [0, 0.05) is 53.0 Å². The van der Waals surface area contributed by atoms with Crippen molar-refractivity contribution in [1.82, 2.24) is 19.9 Å². The number of rotatable bonds is 7. The van der Waals surface area contributed by atoms with Gasteiger partial charge in [-0.1, -0.05) is 169 Å². The first-order chi connectivity index (χ1) is 29.4. The molecule has 3 heterocycles. The van der Waals surface area contributed by atoms with Crippen LogP contribution in [-0.4, -0.2) is 19.9 Å². The fourth-order valence-electron chi connectivity index (χ4n) is 7.89. The first-order valence-electron chi connectivity index (χ1n) is 20.1. The van der Waals surface area contributed by atoms with Gasteiger partial charge in [0.1, 0.15) is 0 Å². The summed E-state index contributed by atoms with van der Waals surface area (Å²) in [5, 5.41) is 0. The van der Waals surface area contributed by atoms with Gasteiger partial charge in [0.25, 0.3) is 0 Å². The molecule has 1 aliphatic rings. The molecule has 0 unspecified atom stereocenters. The van der Waals surface area contributed by atoms with E-state index in [1.807, 2.05) is 72.1 Å². The van der Waals surface area contributed by atoms with Crippen molar-refractivity contribution in [3.63, 3.8) is 0 Å². The van der Waals surface area contributed by atoms with E-state index < -0.39 is 0 Å². The van der Waals surface area contributed by atoms with Crippen molar-refractivity contribution in [3.8, 4) is 78.9 Å². The van der Waals surface area contributed by atoms with Crippen LogP contribution in [0.25, 0.3) is 78.9 Å². The standard InChI is InChI=1S/C54H40N4S2/c1-33-34(2)36(4)51-50(35(33)3)59-49-27-17-26-43(52(49)60-51)42-29-28-41(53-55-45(37-18-9-5-10-19-37)31-46(56-53)38-20-11-6-12-21-38)30-44(42)54-57-47(39-22-13-7-14-23-39)32-48(58-54)40-24-15-8-16-25-40/h5-32H,1-4H3. The second-order valence-corrected chi connectivity index (χ2v) is 17.2. The van der Waals surface area contributed by atoms with Crippen molar-refractivity contribution in [2.75, 3.05) is 0 Å². The number of benzene rings is 7. The molecule has 0 amide bonds. The molecule has 1 aliphatic heterocycles. The Hall–Kier alpha value is -6.60. The number of aromatic nitrogens is 4. The second-order valence-electron chi connectivity index (χ2n) is 15.1. The maximum atomic E-state index is 5.38. The lowest BCUT2D eigenvalue weighted by Gasteiger charge is -2.27. The minimum Gasteiger partial charge on any atom is -0.228 e. The molecule has 2 aromatic heterocycles. The number of hydrogen-bond donors (Lipinski definition) is 0. The van der Waals surface area contributed by atoms with Crippen molar-refractivity contribution in [3.05, 3.63) is 192 Å². The molecule has 7 aromatic carbocycles. The molecule has 0 aliphatic carbocycles. The Kier molecular flexibility index (Phi) is 9.96. The van der Waals surface area contributed by atoms with E-state index in [1.165, 1.54) is 41.8 Å². The van der Waals surface area contributed by atoms with Gasteiger partial charge >= 0.3 is 0 Å². The summed E-state index contributed by atoms with van der Waals surface area (Å²) < 4.78 is 0. The number of hydrogen-bond acceptors (Lipinski definition) is 6. The van der Waals surface area contributed by atoms with Crippen molar-refractivity contribution >= 4 is 23.5 Å². The molecule has 0 bridgehead atoms. The summed E-state index contributed by atoms with van der Waals surface area (Å²) in [7, 11) is 0. The summed E-state index contributed by atoms with van der Waals surface area (Å²) in [4.78, 5) is 26.4. The Morgan fingerprint density at radius 1 is 0.300 bits per heavy atom. The zero-order chi connectivity index (χ0) is 40.7. The monoisotopic (exact) mass is 808 g/mol. The lowest BCUT2D eigenvalue weighted by molar-refractivity contribution is 1.03. The summed E-state index contributed by atoms with van der Waals surface area (Å²) in [5.74, 6) is 1.27. The molecular formula is C54H40N4S2. The van der Waals surface area contributed by atoms with Crippen LogP contribution in [-0.2, 0) is 0 Å². The van der Waals surface area contributed by atoms with Gasteiger partial charge in [-0.3, -0.25) is 0 Å². The summed E-state index contributed by atoms with van der Waals surface area (Å²) >= 11 is 3.77. The van der Waals surface area contributed by atoms with E-state index in [0.717, 1.165) is 67.3 Å². The van der Waals surface area contributed by atoms with Gasteiger partial charge in [-0.2, -0.15) is 0 Å². The Morgan fingerprint density at radius 3 is 1.20 bits per heavy atom. The average molecular weight is 809 g/mol. The second kappa shape index (κ2) is 15.9. The molecule has 0 saturated carbocycles. The molecule has 10 rings (SSSR count). The number of nitrogens with zero attached hydrogens (tertiary/aromatic N) is 4. The van der Waals surface area contributed by atoms with Gasteiger partial charge in [0.2, 0.25) is 0 Å². The highest BCUT2D eigenvalue weighted by Crippen LogP contribution is 2.55. The smallest absolute Gasteiger partial charge is 0.161 e. The Morgan fingerprint density at radius 2 is 0.733 bits per heavy atom. The lowest BCUT2D eigenvalue weighted by atomic mass is 9.95. The van der Waals surface area contributed by atoms with Gasteiger partial charge < -0.3 is 0 Å². The zero-order valence-corrected chi connectivity index (χ0v) is 35.4. The highest BCUT2D eigenvalue weighted by Gasteiger charge is 2.27. The van der Waals surface area contributed by atoms with Crippen LogP contribution in [0.2, 0.25) is 0 Å². The molecule has 0 radical (unpaired) electrons. The van der Waals surface area contributed by atoms with Crippen LogP contribution in [0.3, 0.4) is 0 Å². The molecule has 288 valence electrons. The van der Waals surface area contributed by atoms with Crippen LogP contribution in [0.4, 0.5) is 0 Å². The van der Waals surface area contributed by atoms with E-state index in [-0.39, 0.29) is 0 Å². The third-order valence-corrected chi connectivity index (χ3v) is 14.4. The lowest BCUT2D eigenvalue weighted by Crippen LogP contribution is -2.03. The van der Waals surface area contributed by atoms with E-state index in [1.54, 1.807) is 0 Å². The molecule has 0 saturated heterocycles. The Bertz CT molecular complexity index is 2940. The molecule has 4 nitrogen and oxygen atoms in total. The molecular weight excluding hydrogens is 769 g/mol. The number of fused-ring (bicyclic) bond motifs is 2. The van der Waals surface area contributed by atoms with E-state index >= 15 is 0 Å². The van der Waals surface area contributed by atoms with Gasteiger partial charge in [-0.05, 0) is 85.3 Å². The normalized spacial score (nSPS) is 11.9. The van der Waals surface area contributed by atoms with E-state index in [2.05, 4.69) is 149 Å². The third-order valence-electron chi connectivity index (χ3n) is 11.5. The van der Waals surface area contributed by atoms with Gasteiger partial charge in [-0.15, -0.1) is 0 Å². The predicted molar refractivity (Wildman–Crippen MR) is 249 cm³/mol. The van der Waals surface area contributed by atoms with Crippen molar-refractivity contribution in [2.45, 2.75) is 47.3 Å². The molecule has 0 N–H and O–H groups in total. The topological polar surface area (TPSA) is 51.6 Å². The minimum absolute atomic E-state index is 0.636. The molecule has 0 fully saturated rings. The quantitative estimate of drug-likeness (QED) is 0.160. The van der Waals surface area contributed by atoms with Crippen LogP contribution < -0.4 is 0 Å².